The summed E-state index contributed by atoms with van der Waals surface area (Å²) in [6, 6.07) is 10.6. The summed E-state index contributed by atoms with van der Waals surface area (Å²) in [6.45, 7) is 9.30. The third kappa shape index (κ3) is 6.29. The Morgan fingerprint density at radius 1 is 1.36 bits per heavy atom. The highest BCUT2D eigenvalue weighted by molar-refractivity contribution is 7.10. The highest BCUT2D eigenvalue weighted by atomic mass is 32.1. The van der Waals surface area contributed by atoms with Crippen molar-refractivity contribution in [1.29, 1.82) is 0 Å². The Morgan fingerprint density at radius 3 is 3.00 bits per heavy atom. The van der Waals surface area contributed by atoms with E-state index in [0.29, 0.717) is 0 Å². The van der Waals surface area contributed by atoms with Gasteiger partial charge in [0.2, 0.25) is 0 Å². The van der Waals surface area contributed by atoms with Gasteiger partial charge in [-0.2, -0.15) is 0 Å². The minimum Gasteiger partial charge on any atom is -0.376 e. The van der Waals surface area contributed by atoms with Crippen LogP contribution in [0.2, 0.25) is 0 Å². The van der Waals surface area contributed by atoms with Gasteiger partial charge in [-0.25, -0.2) is 0 Å². The van der Waals surface area contributed by atoms with Crippen molar-refractivity contribution in [3.05, 3.63) is 52.5 Å². The fourth-order valence-electron chi connectivity index (χ4n) is 3.37. The van der Waals surface area contributed by atoms with Crippen LogP contribution >= 0.6 is 11.3 Å². The van der Waals surface area contributed by atoms with Crippen LogP contribution in [-0.4, -0.2) is 61.3 Å². The fourth-order valence-corrected chi connectivity index (χ4v) is 4.22. The second kappa shape index (κ2) is 11.1. The lowest BCUT2D eigenvalue weighted by molar-refractivity contribution is -0.0327. The van der Waals surface area contributed by atoms with Gasteiger partial charge in [0.25, 0.3) is 0 Å². The maximum absolute atomic E-state index is 5.73. The number of hydrogen-bond donors (Lipinski definition) is 2. The summed E-state index contributed by atoms with van der Waals surface area (Å²) >= 11 is 1.81. The molecule has 2 aromatic heterocycles. The van der Waals surface area contributed by atoms with Gasteiger partial charge in [0, 0.05) is 49.4 Å². The van der Waals surface area contributed by atoms with E-state index in [2.05, 4.69) is 57.9 Å². The minimum atomic E-state index is 0.268. The Bertz CT molecular complexity index is 707. The average molecular weight is 402 g/mol. The smallest absolute Gasteiger partial charge is 0.191 e. The molecule has 1 aliphatic rings. The second-order valence-corrected chi connectivity index (χ2v) is 7.90. The summed E-state index contributed by atoms with van der Waals surface area (Å²) in [4.78, 5) is 13.1. The topological polar surface area (TPSA) is 61.8 Å². The highest BCUT2D eigenvalue weighted by Crippen LogP contribution is 2.27. The van der Waals surface area contributed by atoms with E-state index < -0.39 is 0 Å². The highest BCUT2D eigenvalue weighted by Gasteiger charge is 2.26. The lowest BCUT2D eigenvalue weighted by Gasteiger charge is -2.36. The predicted molar refractivity (Wildman–Crippen MR) is 116 cm³/mol. The molecule has 6 nitrogen and oxygen atoms in total. The monoisotopic (exact) mass is 401 g/mol. The fraction of sp³-hybridized carbons (Fsp3) is 0.524. The van der Waals surface area contributed by atoms with Crippen molar-refractivity contribution in [2.45, 2.75) is 32.4 Å². The van der Waals surface area contributed by atoms with E-state index in [1.165, 1.54) is 4.88 Å². The van der Waals surface area contributed by atoms with Gasteiger partial charge in [-0.3, -0.25) is 14.9 Å². The van der Waals surface area contributed by atoms with E-state index in [0.717, 1.165) is 57.4 Å². The first-order valence-corrected chi connectivity index (χ1v) is 11.0. The quantitative estimate of drug-likeness (QED) is 0.526. The molecule has 3 heterocycles. The summed E-state index contributed by atoms with van der Waals surface area (Å²) in [5.74, 6) is 0.862. The number of hydrogen-bond acceptors (Lipinski definition) is 5. The van der Waals surface area contributed by atoms with Crippen LogP contribution in [0.1, 0.15) is 30.5 Å². The van der Waals surface area contributed by atoms with Crippen molar-refractivity contribution in [3.8, 4) is 0 Å². The first-order chi connectivity index (χ1) is 13.8. The zero-order valence-electron chi connectivity index (χ0n) is 16.8. The number of nitrogens with zero attached hydrogens (tertiary/aromatic N) is 3. The third-order valence-electron chi connectivity index (χ3n) is 4.75. The Labute approximate surface area is 172 Å². The first-order valence-electron chi connectivity index (χ1n) is 10.1. The summed E-state index contributed by atoms with van der Waals surface area (Å²) in [7, 11) is 0. The van der Waals surface area contributed by atoms with E-state index in [4.69, 9.17) is 9.73 Å². The molecule has 28 heavy (non-hydrogen) atoms. The van der Waals surface area contributed by atoms with E-state index in [-0.39, 0.29) is 12.1 Å². The molecule has 2 aromatic rings. The summed E-state index contributed by atoms with van der Waals surface area (Å²) in [5, 5.41) is 8.95. The molecule has 2 N–H and O–H groups in total. The van der Waals surface area contributed by atoms with Gasteiger partial charge in [-0.15, -0.1) is 11.3 Å². The maximum atomic E-state index is 5.73. The average Bonchev–Trinajstić information content (AvgIpc) is 3.23. The first kappa shape index (κ1) is 20.8. The van der Waals surface area contributed by atoms with Crippen molar-refractivity contribution in [2.24, 2.45) is 4.99 Å². The third-order valence-corrected chi connectivity index (χ3v) is 5.72. The van der Waals surface area contributed by atoms with Crippen molar-refractivity contribution < 1.29 is 4.74 Å². The van der Waals surface area contributed by atoms with Gasteiger partial charge in [-0.05, 0) is 37.4 Å². The number of thiophene rings is 1. The van der Waals surface area contributed by atoms with Crippen LogP contribution in [0.5, 0.6) is 0 Å². The van der Waals surface area contributed by atoms with Gasteiger partial charge >= 0.3 is 0 Å². The number of rotatable bonds is 8. The normalized spacial score (nSPS) is 19.4. The van der Waals surface area contributed by atoms with E-state index in [1.54, 1.807) is 11.3 Å². The van der Waals surface area contributed by atoms with Crippen molar-refractivity contribution in [2.75, 3.05) is 39.3 Å². The van der Waals surface area contributed by atoms with E-state index in [9.17, 15) is 0 Å². The van der Waals surface area contributed by atoms with Crippen LogP contribution < -0.4 is 10.6 Å². The Balaban J connectivity index is 1.62. The van der Waals surface area contributed by atoms with Gasteiger partial charge in [0.05, 0.1) is 25.3 Å². The number of guanidine groups is 1. The molecular weight excluding hydrogens is 370 g/mol. The van der Waals surface area contributed by atoms with Gasteiger partial charge in [0.1, 0.15) is 0 Å². The molecular formula is C21H31N5OS. The number of nitrogens with one attached hydrogen (secondary N) is 2. The molecule has 0 spiro atoms. The zero-order chi connectivity index (χ0) is 19.6. The molecule has 2 unspecified atom stereocenters. The number of ether oxygens (including phenoxy) is 1. The minimum absolute atomic E-state index is 0.268. The maximum Gasteiger partial charge on any atom is 0.191 e. The van der Waals surface area contributed by atoms with Crippen LogP contribution in [0.4, 0.5) is 0 Å². The van der Waals surface area contributed by atoms with Gasteiger partial charge in [-0.1, -0.05) is 12.1 Å². The van der Waals surface area contributed by atoms with Crippen molar-refractivity contribution in [1.82, 2.24) is 20.5 Å². The Hall–Kier alpha value is -1.96. The molecule has 0 radical (unpaired) electrons. The van der Waals surface area contributed by atoms with E-state index in [1.807, 2.05) is 18.3 Å². The van der Waals surface area contributed by atoms with Crippen molar-refractivity contribution >= 4 is 17.3 Å². The van der Waals surface area contributed by atoms with Gasteiger partial charge in [0.15, 0.2) is 5.96 Å². The molecule has 3 rings (SSSR count). The van der Waals surface area contributed by atoms with Crippen LogP contribution in [0.25, 0.3) is 0 Å². The Morgan fingerprint density at radius 2 is 2.29 bits per heavy atom. The molecule has 1 fully saturated rings. The Kier molecular flexibility index (Phi) is 8.26. The number of aliphatic imine (C=N–C) groups is 1. The second-order valence-electron chi connectivity index (χ2n) is 6.93. The molecule has 0 saturated carbocycles. The largest absolute Gasteiger partial charge is 0.376 e. The number of pyridine rings is 1. The van der Waals surface area contributed by atoms with E-state index >= 15 is 0 Å². The number of aromatic nitrogens is 1. The summed E-state index contributed by atoms with van der Waals surface area (Å²) in [6.07, 6.45) is 2.98. The molecule has 1 aliphatic heterocycles. The molecule has 0 aromatic carbocycles. The van der Waals surface area contributed by atoms with Gasteiger partial charge < -0.3 is 15.4 Å². The zero-order valence-corrected chi connectivity index (χ0v) is 17.6. The molecule has 2 atom stereocenters. The summed E-state index contributed by atoms with van der Waals surface area (Å²) < 4.78 is 5.73. The molecule has 0 bridgehead atoms. The summed E-state index contributed by atoms with van der Waals surface area (Å²) in [5.41, 5.74) is 1.09. The molecule has 0 aliphatic carbocycles. The molecule has 1 saturated heterocycles. The standard InChI is InChI=1S/C21H31N5OS/c1-3-22-21(24-11-9-18-7-4-5-10-23-18)25-15-19(20-8-6-14-28-20)26-12-13-27-17(2)16-26/h4-8,10,14,17,19H,3,9,11-13,15-16H2,1-2H3,(H2,22,24,25). The molecule has 7 heteroatoms. The lowest BCUT2D eigenvalue weighted by Crippen LogP contribution is -2.44. The number of morpholine rings is 1. The lowest BCUT2D eigenvalue weighted by atomic mass is 10.1. The molecule has 0 amide bonds. The van der Waals surface area contributed by atoms with Crippen LogP contribution in [0.15, 0.2) is 46.9 Å². The van der Waals surface area contributed by atoms with Crippen LogP contribution in [0, 0.1) is 0 Å². The van der Waals surface area contributed by atoms with Crippen LogP contribution in [-0.2, 0) is 11.2 Å². The SMILES string of the molecule is CCNC(=NCC(c1cccs1)N1CCOC(C)C1)NCCc1ccccn1. The van der Waals surface area contributed by atoms with Crippen molar-refractivity contribution in [3.63, 3.8) is 0 Å². The molecule has 152 valence electrons. The van der Waals surface area contributed by atoms with Crippen LogP contribution in [0.3, 0.4) is 0 Å². The predicted octanol–water partition coefficient (Wildman–Crippen LogP) is 2.70.